The molecule has 0 heterocycles. The Bertz CT molecular complexity index is 789. The number of hydrogen-bond acceptors (Lipinski definition) is 4. The molecule has 0 bridgehead atoms. The maximum absolute atomic E-state index is 6.11. The Morgan fingerprint density at radius 3 is 2.38 bits per heavy atom. The molecule has 0 amide bonds. The van der Waals surface area contributed by atoms with Gasteiger partial charge in [0.05, 0.1) is 32.0 Å². The summed E-state index contributed by atoms with van der Waals surface area (Å²) in [6.45, 7) is 0.645. The monoisotopic (exact) mass is 458 g/mol. The summed E-state index contributed by atoms with van der Waals surface area (Å²) in [6.07, 6.45) is 0.755. The highest BCUT2D eigenvalue weighted by Gasteiger charge is 2.11. The standard InChI is InChI=1S/C18H20BrClN2O3S/c1-23-15-5-4-12(19)8-11(15)6-7-21-18(26)22-14-10-16(24-2)13(20)9-17(14)25-3/h4-5,8-10H,6-7H2,1-3H3,(H2,21,22,26). The summed E-state index contributed by atoms with van der Waals surface area (Å²) in [4.78, 5) is 0. The van der Waals surface area contributed by atoms with Crippen molar-refractivity contribution >= 4 is 50.5 Å². The van der Waals surface area contributed by atoms with Gasteiger partial charge < -0.3 is 24.8 Å². The van der Waals surface area contributed by atoms with Crippen molar-refractivity contribution in [2.45, 2.75) is 6.42 Å². The fourth-order valence-electron chi connectivity index (χ4n) is 2.38. The Morgan fingerprint density at radius 1 is 1.04 bits per heavy atom. The molecule has 0 saturated heterocycles. The van der Waals surface area contributed by atoms with Gasteiger partial charge in [-0.25, -0.2) is 0 Å². The summed E-state index contributed by atoms with van der Waals surface area (Å²) >= 11 is 15.0. The second-order valence-corrected chi connectivity index (χ2v) is 7.01. The zero-order valence-corrected chi connectivity index (χ0v) is 17.8. The van der Waals surface area contributed by atoms with Gasteiger partial charge in [0, 0.05) is 23.2 Å². The molecule has 140 valence electrons. The van der Waals surface area contributed by atoms with Gasteiger partial charge in [-0.3, -0.25) is 0 Å². The van der Waals surface area contributed by atoms with Crippen LogP contribution in [-0.4, -0.2) is 33.0 Å². The second-order valence-electron chi connectivity index (χ2n) is 5.27. The number of methoxy groups -OCH3 is 3. The van der Waals surface area contributed by atoms with Gasteiger partial charge in [0.15, 0.2) is 5.11 Å². The molecule has 2 aromatic carbocycles. The first kappa shape index (κ1) is 20.6. The van der Waals surface area contributed by atoms with Gasteiger partial charge in [-0.05, 0) is 42.4 Å². The molecule has 0 aromatic heterocycles. The van der Waals surface area contributed by atoms with Crippen molar-refractivity contribution in [1.29, 1.82) is 0 Å². The van der Waals surface area contributed by atoms with Crippen LogP contribution in [0.25, 0.3) is 0 Å². The predicted molar refractivity (Wildman–Crippen MR) is 113 cm³/mol. The van der Waals surface area contributed by atoms with Crippen LogP contribution in [0.1, 0.15) is 5.56 Å². The lowest BCUT2D eigenvalue weighted by atomic mass is 10.1. The number of halogens is 2. The molecule has 0 saturated carbocycles. The molecule has 2 aromatic rings. The Hall–Kier alpha value is -1.70. The summed E-state index contributed by atoms with van der Waals surface area (Å²) in [5, 5.41) is 7.22. The largest absolute Gasteiger partial charge is 0.496 e. The molecule has 0 unspecified atom stereocenters. The SMILES string of the molecule is COc1cc(NC(=S)NCCc2cc(Br)ccc2OC)c(OC)cc1Cl. The van der Waals surface area contributed by atoms with E-state index in [9.17, 15) is 0 Å². The normalized spacial score (nSPS) is 10.2. The van der Waals surface area contributed by atoms with Gasteiger partial charge in [-0.1, -0.05) is 27.5 Å². The van der Waals surface area contributed by atoms with E-state index in [4.69, 9.17) is 38.0 Å². The van der Waals surface area contributed by atoms with Gasteiger partial charge >= 0.3 is 0 Å². The molecule has 0 aliphatic rings. The van der Waals surface area contributed by atoms with E-state index >= 15 is 0 Å². The molecular weight excluding hydrogens is 440 g/mol. The number of thiocarbonyl (C=S) groups is 1. The maximum Gasteiger partial charge on any atom is 0.170 e. The summed E-state index contributed by atoms with van der Waals surface area (Å²) in [7, 11) is 4.78. The van der Waals surface area contributed by atoms with Crippen LogP contribution in [0.5, 0.6) is 17.2 Å². The molecule has 0 aliphatic heterocycles. The number of rotatable bonds is 7. The van der Waals surface area contributed by atoms with Crippen molar-refractivity contribution in [2.24, 2.45) is 0 Å². The van der Waals surface area contributed by atoms with Crippen molar-refractivity contribution in [2.75, 3.05) is 33.2 Å². The first-order valence-corrected chi connectivity index (χ1v) is 9.35. The van der Waals surface area contributed by atoms with E-state index < -0.39 is 0 Å². The molecule has 2 N–H and O–H groups in total. The van der Waals surface area contributed by atoms with Crippen molar-refractivity contribution < 1.29 is 14.2 Å². The van der Waals surface area contributed by atoms with E-state index in [1.807, 2.05) is 18.2 Å². The predicted octanol–water partition coefficient (Wildman–Crippen LogP) is 4.66. The topological polar surface area (TPSA) is 51.8 Å². The van der Waals surface area contributed by atoms with Gasteiger partial charge in [0.25, 0.3) is 0 Å². The van der Waals surface area contributed by atoms with E-state index in [0.29, 0.717) is 33.9 Å². The number of nitrogens with one attached hydrogen (secondary N) is 2. The zero-order valence-electron chi connectivity index (χ0n) is 14.7. The summed E-state index contributed by atoms with van der Waals surface area (Å²) in [5.41, 5.74) is 1.76. The Balaban J connectivity index is 1.98. The van der Waals surface area contributed by atoms with Crippen molar-refractivity contribution in [3.63, 3.8) is 0 Å². The van der Waals surface area contributed by atoms with Crippen molar-refractivity contribution in [3.05, 3.63) is 45.4 Å². The number of anilines is 1. The molecule has 0 atom stereocenters. The Kier molecular flexibility index (Phi) is 7.81. The highest BCUT2D eigenvalue weighted by atomic mass is 79.9. The molecule has 0 radical (unpaired) electrons. The lowest BCUT2D eigenvalue weighted by Gasteiger charge is -2.16. The lowest BCUT2D eigenvalue weighted by molar-refractivity contribution is 0.405. The van der Waals surface area contributed by atoms with Gasteiger partial charge in [-0.15, -0.1) is 0 Å². The number of benzene rings is 2. The zero-order chi connectivity index (χ0) is 19.1. The van der Waals surface area contributed by atoms with Gasteiger partial charge in [0.2, 0.25) is 0 Å². The van der Waals surface area contributed by atoms with Crippen LogP contribution >= 0.6 is 39.7 Å². The Labute approximate surface area is 172 Å². The first-order valence-electron chi connectivity index (χ1n) is 7.77. The average molecular weight is 460 g/mol. The highest BCUT2D eigenvalue weighted by Crippen LogP contribution is 2.35. The minimum absolute atomic E-state index is 0.468. The Morgan fingerprint density at radius 2 is 1.73 bits per heavy atom. The smallest absolute Gasteiger partial charge is 0.170 e. The minimum atomic E-state index is 0.468. The third kappa shape index (κ3) is 5.40. The number of ether oxygens (including phenoxy) is 3. The van der Waals surface area contributed by atoms with Crippen molar-refractivity contribution in [1.82, 2.24) is 5.32 Å². The van der Waals surface area contributed by atoms with Crippen LogP contribution in [0.3, 0.4) is 0 Å². The quantitative estimate of drug-likeness (QED) is 0.588. The van der Waals surface area contributed by atoms with Crippen LogP contribution in [0.4, 0.5) is 5.69 Å². The minimum Gasteiger partial charge on any atom is -0.496 e. The third-order valence-corrected chi connectivity index (χ3v) is 4.68. The van der Waals surface area contributed by atoms with Crippen LogP contribution < -0.4 is 24.8 Å². The van der Waals surface area contributed by atoms with E-state index in [1.54, 1.807) is 33.5 Å². The van der Waals surface area contributed by atoms with Crippen molar-refractivity contribution in [3.8, 4) is 17.2 Å². The maximum atomic E-state index is 6.11. The molecule has 26 heavy (non-hydrogen) atoms. The molecule has 8 heteroatoms. The fraction of sp³-hybridized carbons (Fsp3) is 0.278. The number of hydrogen-bond donors (Lipinski definition) is 2. The molecule has 0 spiro atoms. The molecule has 0 fully saturated rings. The van der Waals surface area contributed by atoms with E-state index in [2.05, 4.69) is 26.6 Å². The third-order valence-electron chi connectivity index (χ3n) is 3.64. The van der Waals surface area contributed by atoms with Gasteiger partial charge in [-0.2, -0.15) is 0 Å². The molecular formula is C18H20BrClN2O3S. The van der Waals surface area contributed by atoms with E-state index in [1.165, 1.54) is 0 Å². The summed E-state index contributed by atoms with van der Waals surface area (Å²) in [6, 6.07) is 9.33. The van der Waals surface area contributed by atoms with Crippen LogP contribution in [0, 0.1) is 0 Å². The van der Waals surface area contributed by atoms with Crippen LogP contribution in [-0.2, 0) is 6.42 Å². The summed E-state index contributed by atoms with van der Waals surface area (Å²) < 4.78 is 17.0. The molecule has 5 nitrogen and oxygen atoms in total. The lowest BCUT2D eigenvalue weighted by Crippen LogP contribution is -2.30. The first-order chi connectivity index (χ1) is 12.5. The van der Waals surface area contributed by atoms with Gasteiger partial charge in [0.1, 0.15) is 17.2 Å². The molecule has 0 aliphatic carbocycles. The second kappa shape index (κ2) is 9.85. The van der Waals surface area contributed by atoms with E-state index in [-0.39, 0.29) is 0 Å². The highest BCUT2D eigenvalue weighted by molar-refractivity contribution is 9.10. The molecule has 2 rings (SSSR count). The summed E-state index contributed by atoms with van der Waals surface area (Å²) in [5.74, 6) is 1.96. The van der Waals surface area contributed by atoms with Crippen LogP contribution in [0.15, 0.2) is 34.8 Å². The fourth-order valence-corrected chi connectivity index (χ4v) is 3.23. The van der Waals surface area contributed by atoms with E-state index in [0.717, 1.165) is 22.2 Å². The van der Waals surface area contributed by atoms with Crippen LogP contribution in [0.2, 0.25) is 5.02 Å². The average Bonchev–Trinajstić information content (AvgIpc) is 2.63.